The first-order valence-electron chi connectivity index (χ1n) is 7.44. The van der Waals surface area contributed by atoms with Crippen LogP contribution < -0.4 is 5.32 Å². The molecule has 2 rings (SSSR count). The second-order valence-corrected chi connectivity index (χ2v) is 7.37. The van der Waals surface area contributed by atoms with Gasteiger partial charge in [-0.1, -0.05) is 13.8 Å². The molecule has 1 heterocycles. The van der Waals surface area contributed by atoms with Gasteiger partial charge in [-0.3, -0.25) is 9.59 Å². The highest BCUT2D eigenvalue weighted by Crippen LogP contribution is 2.30. The van der Waals surface area contributed by atoms with Crippen LogP contribution in [0.25, 0.3) is 0 Å². The number of aromatic nitrogens is 1. The molecule has 0 spiro atoms. The average molecular weight is 309 g/mol. The number of hydrogen-bond acceptors (Lipinski definition) is 4. The summed E-state index contributed by atoms with van der Waals surface area (Å²) in [6.07, 6.45) is 4.56. The van der Waals surface area contributed by atoms with Gasteiger partial charge >= 0.3 is 0 Å². The van der Waals surface area contributed by atoms with E-state index in [1.165, 1.54) is 24.2 Å². The van der Waals surface area contributed by atoms with Crippen LogP contribution in [0.5, 0.6) is 0 Å². The summed E-state index contributed by atoms with van der Waals surface area (Å²) in [6.45, 7) is 6.81. The largest absolute Gasteiger partial charge is 0.333 e. The highest BCUT2D eigenvalue weighted by Gasteiger charge is 2.28. The molecule has 116 valence electrons. The van der Waals surface area contributed by atoms with Crippen LogP contribution in [-0.2, 0) is 9.59 Å². The van der Waals surface area contributed by atoms with Crippen molar-refractivity contribution < 1.29 is 9.59 Å². The first-order valence-corrected chi connectivity index (χ1v) is 8.25. The van der Waals surface area contributed by atoms with Gasteiger partial charge in [0.05, 0.1) is 6.54 Å². The van der Waals surface area contributed by atoms with Crippen LogP contribution in [0.3, 0.4) is 0 Å². The van der Waals surface area contributed by atoms with E-state index in [0.29, 0.717) is 29.9 Å². The van der Waals surface area contributed by atoms with Crippen molar-refractivity contribution in [2.75, 3.05) is 18.4 Å². The van der Waals surface area contributed by atoms with Crippen LogP contribution in [0, 0.1) is 18.8 Å². The van der Waals surface area contributed by atoms with Crippen molar-refractivity contribution in [2.24, 2.45) is 11.8 Å². The summed E-state index contributed by atoms with van der Waals surface area (Å²) in [6, 6.07) is 0. The number of thiazole rings is 1. The second-order valence-electron chi connectivity index (χ2n) is 6.14. The molecule has 0 aliphatic heterocycles. The van der Waals surface area contributed by atoms with Gasteiger partial charge in [-0.05, 0) is 31.6 Å². The minimum absolute atomic E-state index is 0.0716. The lowest BCUT2D eigenvalue weighted by Crippen LogP contribution is -2.39. The van der Waals surface area contributed by atoms with Crippen LogP contribution in [-0.4, -0.2) is 34.8 Å². The van der Waals surface area contributed by atoms with Crippen LogP contribution in [0.2, 0.25) is 0 Å². The summed E-state index contributed by atoms with van der Waals surface area (Å²) in [5, 5.41) is 3.37. The molecular formula is C15H23N3O2S. The Morgan fingerprint density at radius 1 is 1.48 bits per heavy atom. The number of nitrogens with one attached hydrogen (secondary N) is 1. The predicted octanol–water partition coefficient (Wildman–Crippen LogP) is 2.67. The molecule has 1 fully saturated rings. The summed E-state index contributed by atoms with van der Waals surface area (Å²) < 4.78 is 0. The van der Waals surface area contributed by atoms with E-state index in [1.54, 1.807) is 11.1 Å². The van der Waals surface area contributed by atoms with Gasteiger partial charge in [0.15, 0.2) is 5.13 Å². The maximum Gasteiger partial charge on any atom is 0.245 e. The van der Waals surface area contributed by atoms with Crippen molar-refractivity contribution in [3.05, 3.63) is 11.1 Å². The van der Waals surface area contributed by atoms with Gasteiger partial charge in [-0.25, -0.2) is 4.98 Å². The van der Waals surface area contributed by atoms with Crippen molar-refractivity contribution in [3.8, 4) is 0 Å². The summed E-state index contributed by atoms with van der Waals surface area (Å²) in [5.41, 5.74) is 0. The van der Waals surface area contributed by atoms with Crippen molar-refractivity contribution in [1.82, 2.24) is 9.88 Å². The van der Waals surface area contributed by atoms with E-state index in [4.69, 9.17) is 0 Å². The van der Waals surface area contributed by atoms with Gasteiger partial charge in [-0.2, -0.15) is 0 Å². The Bertz CT molecular complexity index is 509. The maximum atomic E-state index is 12.2. The zero-order chi connectivity index (χ0) is 15.4. The maximum absolute atomic E-state index is 12.2. The monoisotopic (exact) mass is 309 g/mol. The van der Waals surface area contributed by atoms with Crippen molar-refractivity contribution >= 4 is 28.3 Å². The summed E-state index contributed by atoms with van der Waals surface area (Å²) >= 11 is 1.44. The van der Waals surface area contributed by atoms with Crippen molar-refractivity contribution in [1.29, 1.82) is 0 Å². The fraction of sp³-hybridized carbons (Fsp3) is 0.667. The minimum atomic E-state index is -0.165. The molecule has 1 aliphatic rings. The molecule has 2 amide bonds. The quantitative estimate of drug-likeness (QED) is 0.842. The topological polar surface area (TPSA) is 62.3 Å². The number of rotatable bonds is 7. The van der Waals surface area contributed by atoms with Gasteiger partial charge in [0.1, 0.15) is 0 Å². The molecule has 1 saturated carbocycles. The Kier molecular flexibility index (Phi) is 5.33. The van der Waals surface area contributed by atoms with E-state index in [0.717, 1.165) is 4.88 Å². The van der Waals surface area contributed by atoms with Crippen LogP contribution in [0.1, 0.15) is 38.0 Å². The molecule has 1 N–H and O–H groups in total. The smallest absolute Gasteiger partial charge is 0.245 e. The zero-order valence-corrected chi connectivity index (χ0v) is 13.7. The molecule has 0 aromatic carbocycles. The molecule has 6 heteroatoms. The molecule has 0 saturated heterocycles. The van der Waals surface area contributed by atoms with E-state index in [-0.39, 0.29) is 18.4 Å². The van der Waals surface area contributed by atoms with E-state index >= 15 is 0 Å². The minimum Gasteiger partial charge on any atom is -0.333 e. The molecule has 5 nitrogen and oxygen atoms in total. The normalized spacial score (nSPS) is 14.3. The second kappa shape index (κ2) is 7.02. The Balaban J connectivity index is 1.90. The highest BCUT2D eigenvalue weighted by molar-refractivity contribution is 7.15. The summed E-state index contributed by atoms with van der Waals surface area (Å²) in [5.74, 6) is 0.796. The molecule has 1 aromatic rings. The van der Waals surface area contributed by atoms with Crippen molar-refractivity contribution in [2.45, 2.75) is 40.0 Å². The highest BCUT2D eigenvalue weighted by atomic mass is 32.1. The fourth-order valence-electron chi connectivity index (χ4n) is 2.09. The van der Waals surface area contributed by atoms with E-state index in [9.17, 15) is 9.59 Å². The molecule has 0 radical (unpaired) electrons. The van der Waals surface area contributed by atoms with Gasteiger partial charge in [0.25, 0.3) is 0 Å². The molecule has 0 atom stereocenters. The Labute approximate surface area is 129 Å². The van der Waals surface area contributed by atoms with Crippen molar-refractivity contribution in [3.63, 3.8) is 0 Å². The first-order chi connectivity index (χ1) is 9.94. The van der Waals surface area contributed by atoms with E-state index in [2.05, 4.69) is 10.3 Å². The average Bonchev–Trinajstić information content (AvgIpc) is 3.10. The number of hydrogen-bond donors (Lipinski definition) is 1. The Morgan fingerprint density at radius 3 is 2.71 bits per heavy atom. The number of anilines is 1. The Morgan fingerprint density at radius 2 is 2.19 bits per heavy atom. The molecule has 1 aliphatic carbocycles. The lowest BCUT2D eigenvalue weighted by atomic mass is 10.1. The number of nitrogens with zero attached hydrogens (tertiary/aromatic N) is 2. The predicted molar refractivity (Wildman–Crippen MR) is 84.2 cm³/mol. The molecule has 0 unspecified atom stereocenters. The summed E-state index contributed by atoms with van der Waals surface area (Å²) in [7, 11) is 0. The third-order valence-corrected chi connectivity index (χ3v) is 4.14. The lowest BCUT2D eigenvalue weighted by Gasteiger charge is -2.22. The zero-order valence-electron chi connectivity index (χ0n) is 12.9. The molecule has 0 bridgehead atoms. The number of amides is 2. The number of aryl methyl sites for hydroxylation is 1. The Hall–Kier alpha value is -1.43. The van der Waals surface area contributed by atoms with Gasteiger partial charge < -0.3 is 10.2 Å². The van der Waals surface area contributed by atoms with E-state index in [1.807, 2.05) is 20.8 Å². The standard InChI is InChI=1S/C15H23N3O2S/c1-10(2)6-14(20)18(8-12-4-5-12)9-13(19)17-15-16-7-11(3)21-15/h7,10,12H,4-6,8-9H2,1-3H3,(H,16,17,19). The van der Waals surface area contributed by atoms with Gasteiger partial charge in [0.2, 0.25) is 11.8 Å². The van der Waals surface area contributed by atoms with E-state index < -0.39 is 0 Å². The third kappa shape index (κ3) is 5.46. The van der Waals surface area contributed by atoms with Crippen LogP contribution >= 0.6 is 11.3 Å². The third-order valence-electron chi connectivity index (χ3n) is 3.31. The fourth-order valence-corrected chi connectivity index (χ4v) is 2.77. The molecule has 21 heavy (non-hydrogen) atoms. The summed E-state index contributed by atoms with van der Waals surface area (Å²) in [4.78, 5) is 31.2. The molecule has 1 aromatic heterocycles. The van der Waals surface area contributed by atoms with Gasteiger partial charge in [-0.15, -0.1) is 11.3 Å². The number of carbonyl (C=O) groups is 2. The SMILES string of the molecule is Cc1cnc(NC(=O)CN(CC2CC2)C(=O)CC(C)C)s1. The lowest BCUT2D eigenvalue weighted by molar-refractivity contribution is -0.135. The molecular weight excluding hydrogens is 286 g/mol. The number of carbonyl (C=O) groups excluding carboxylic acids is 2. The van der Waals surface area contributed by atoms with Crippen LogP contribution in [0.4, 0.5) is 5.13 Å². The first kappa shape index (κ1) is 15.9. The van der Waals surface area contributed by atoms with Crippen LogP contribution in [0.15, 0.2) is 6.20 Å². The van der Waals surface area contributed by atoms with Gasteiger partial charge in [0, 0.05) is 24.0 Å².